The molecule has 1 heterocycles. The quantitative estimate of drug-likeness (QED) is 0.746. The zero-order valence-corrected chi connectivity index (χ0v) is 12.1. The summed E-state index contributed by atoms with van der Waals surface area (Å²) in [6.07, 6.45) is 0. The SMILES string of the molecule is Cc1cccc2c(N)c(C(=O)Nc3ccccc3F)sc12. The van der Waals surface area contributed by atoms with Gasteiger partial charge in [-0.05, 0) is 24.6 Å². The van der Waals surface area contributed by atoms with Crippen LogP contribution in [0.2, 0.25) is 0 Å². The molecule has 0 atom stereocenters. The number of benzene rings is 2. The lowest BCUT2D eigenvalue weighted by Crippen LogP contribution is -2.12. The number of anilines is 2. The van der Waals surface area contributed by atoms with Crippen LogP contribution in [0.15, 0.2) is 42.5 Å². The van der Waals surface area contributed by atoms with Crippen LogP contribution in [0.3, 0.4) is 0 Å². The Bertz CT molecular complexity index is 841. The number of hydrogen-bond donors (Lipinski definition) is 2. The highest BCUT2D eigenvalue weighted by Gasteiger charge is 2.18. The summed E-state index contributed by atoms with van der Waals surface area (Å²) in [5.41, 5.74) is 7.71. The first-order chi connectivity index (χ1) is 10.1. The maximum atomic E-state index is 13.6. The Morgan fingerprint density at radius 2 is 1.95 bits per heavy atom. The van der Waals surface area contributed by atoms with Gasteiger partial charge in [0.2, 0.25) is 0 Å². The van der Waals surface area contributed by atoms with Gasteiger partial charge in [0.15, 0.2) is 0 Å². The van der Waals surface area contributed by atoms with Crippen molar-refractivity contribution < 1.29 is 9.18 Å². The largest absolute Gasteiger partial charge is 0.397 e. The molecule has 1 aromatic heterocycles. The zero-order chi connectivity index (χ0) is 15.0. The van der Waals surface area contributed by atoms with E-state index in [1.165, 1.54) is 23.5 Å². The van der Waals surface area contributed by atoms with Gasteiger partial charge < -0.3 is 11.1 Å². The first kappa shape index (κ1) is 13.6. The molecule has 0 aliphatic carbocycles. The van der Waals surface area contributed by atoms with Crippen molar-refractivity contribution in [1.29, 1.82) is 0 Å². The highest BCUT2D eigenvalue weighted by atomic mass is 32.1. The van der Waals surface area contributed by atoms with E-state index < -0.39 is 11.7 Å². The van der Waals surface area contributed by atoms with E-state index in [1.54, 1.807) is 12.1 Å². The lowest BCUT2D eigenvalue weighted by atomic mass is 10.1. The lowest BCUT2D eigenvalue weighted by molar-refractivity contribution is 0.103. The van der Waals surface area contributed by atoms with Crippen molar-refractivity contribution >= 4 is 38.7 Å². The number of nitrogens with two attached hydrogens (primary N) is 1. The fourth-order valence-corrected chi connectivity index (χ4v) is 3.27. The van der Waals surface area contributed by atoms with E-state index in [0.29, 0.717) is 10.6 Å². The normalized spacial score (nSPS) is 10.8. The molecule has 3 aromatic rings. The minimum absolute atomic E-state index is 0.149. The van der Waals surface area contributed by atoms with Crippen molar-refractivity contribution in [2.75, 3.05) is 11.1 Å². The maximum Gasteiger partial charge on any atom is 0.267 e. The first-order valence-corrected chi connectivity index (χ1v) is 7.23. The highest BCUT2D eigenvalue weighted by molar-refractivity contribution is 7.21. The van der Waals surface area contributed by atoms with E-state index in [9.17, 15) is 9.18 Å². The van der Waals surface area contributed by atoms with Crippen molar-refractivity contribution in [2.24, 2.45) is 0 Å². The maximum absolute atomic E-state index is 13.6. The number of nitrogens with one attached hydrogen (secondary N) is 1. The smallest absolute Gasteiger partial charge is 0.267 e. The van der Waals surface area contributed by atoms with Crippen LogP contribution in [0, 0.1) is 12.7 Å². The standard InChI is InChI=1S/C16H13FN2OS/c1-9-5-4-6-10-13(18)15(21-14(9)10)16(20)19-12-8-3-2-7-11(12)17/h2-8H,18H2,1H3,(H,19,20). The highest BCUT2D eigenvalue weighted by Crippen LogP contribution is 2.36. The summed E-state index contributed by atoms with van der Waals surface area (Å²) in [5, 5.41) is 3.42. The molecule has 1 amide bonds. The molecule has 0 aliphatic heterocycles. The number of amides is 1. The van der Waals surface area contributed by atoms with Gasteiger partial charge in [-0.15, -0.1) is 11.3 Å². The van der Waals surface area contributed by atoms with Crippen molar-refractivity contribution in [3.8, 4) is 0 Å². The molecule has 0 spiro atoms. The number of aryl methyl sites for hydroxylation is 1. The number of fused-ring (bicyclic) bond motifs is 1. The minimum atomic E-state index is -0.471. The molecule has 106 valence electrons. The molecule has 0 aliphatic rings. The van der Waals surface area contributed by atoms with Gasteiger partial charge >= 0.3 is 0 Å². The minimum Gasteiger partial charge on any atom is -0.397 e. The van der Waals surface area contributed by atoms with Gasteiger partial charge in [0.05, 0.1) is 11.4 Å². The van der Waals surface area contributed by atoms with Gasteiger partial charge in [-0.1, -0.05) is 30.3 Å². The summed E-state index contributed by atoms with van der Waals surface area (Å²) in [4.78, 5) is 12.7. The van der Waals surface area contributed by atoms with Crippen LogP contribution in [-0.4, -0.2) is 5.91 Å². The molecule has 3 nitrogen and oxygen atoms in total. The molecule has 0 radical (unpaired) electrons. The van der Waals surface area contributed by atoms with E-state index in [1.807, 2.05) is 25.1 Å². The van der Waals surface area contributed by atoms with E-state index in [-0.39, 0.29) is 5.69 Å². The van der Waals surface area contributed by atoms with Gasteiger partial charge in [-0.2, -0.15) is 0 Å². The second-order valence-electron chi connectivity index (χ2n) is 4.73. The topological polar surface area (TPSA) is 55.1 Å². The van der Waals surface area contributed by atoms with Gasteiger partial charge in [0.1, 0.15) is 10.7 Å². The third kappa shape index (κ3) is 2.36. The summed E-state index contributed by atoms with van der Waals surface area (Å²) in [5.74, 6) is -0.861. The summed E-state index contributed by atoms with van der Waals surface area (Å²) >= 11 is 1.32. The van der Waals surface area contributed by atoms with Crippen molar-refractivity contribution in [1.82, 2.24) is 0 Å². The third-order valence-electron chi connectivity index (χ3n) is 3.28. The van der Waals surface area contributed by atoms with Crippen LogP contribution in [0.25, 0.3) is 10.1 Å². The van der Waals surface area contributed by atoms with Crippen LogP contribution < -0.4 is 11.1 Å². The number of carbonyl (C=O) groups is 1. The van der Waals surface area contributed by atoms with Crippen LogP contribution >= 0.6 is 11.3 Å². The van der Waals surface area contributed by atoms with E-state index in [0.717, 1.165) is 15.6 Å². The van der Waals surface area contributed by atoms with Gasteiger partial charge in [0, 0.05) is 10.1 Å². The second kappa shape index (κ2) is 5.18. The van der Waals surface area contributed by atoms with Crippen molar-refractivity contribution in [2.45, 2.75) is 6.92 Å². The first-order valence-electron chi connectivity index (χ1n) is 6.41. The molecule has 0 bridgehead atoms. The number of nitrogen functional groups attached to an aromatic ring is 1. The molecule has 21 heavy (non-hydrogen) atoms. The van der Waals surface area contributed by atoms with Gasteiger partial charge in [0.25, 0.3) is 5.91 Å². The third-order valence-corrected chi connectivity index (χ3v) is 4.63. The summed E-state index contributed by atoms with van der Waals surface area (Å²) in [6, 6.07) is 11.8. The Kier molecular flexibility index (Phi) is 3.35. The molecule has 3 N–H and O–H groups in total. The molecule has 0 fully saturated rings. The molecule has 3 rings (SSSR count). The Morgan fingerprint density at radius 3 is 2.67 bits per heavy atom. The number of thiophene rings is 1. The summed E-state index contributed by atoms with van der Waals surface area (Å²) in [6.45, 7) is 1.97. The van der Waals surface area contributed by atoms with E-state index in [4.69, 9.17) is 5.73 Å². The average Bonchev–Trinajstić information content (AvgIpc) is 2.81. The van der Waals surface area contributed by atoms with Crippen LogP contribution in [0.4, 0.5) is 15.8 Å². The number of carbonyl (C=O) groups excluding carboxylic acids is 1. The van der Waals surface area contributed by atoms with Crippen LogP contribution in [0.1, 0.15) is 15.2 Å². The zero-order valence-electron chi connectivity index (χ0n) is 11.3. The molecule has 0 unspecified atom stereocenters. The summed E-state index contributed by atoms with van der Waals surface area (Å²) < 4.78 is 14.6. The van der Waals surface area contributed by atoms with Gasteiger partial charge in [-0.25, -0.2) is 4.39 Å². The Morgan fingerprint density at radius 1 is 1.19 bits per heavy atom. The summed E-state index contributed by atoms with van der Waals surface area (Å²) in [7, 11) is 0. The Balaban J connectivity index is 2.01. The second-order valence-corrected chi connectivity index (χ2v) is 5.75. The van der Waals surface area contributed by atoms with Crippen molar-refractivity contribution in [3.05, 3.63) is 58.7 Å². The lowest BCUT2D eigenvalue weighted by Gasteiger charge is -2.05. The Hall–Kier alpha value is -2.40. The predicted molar refractivity (Wildman–Crippen MR) is 85.3 cm³/mol. The fourth-order valence-electron chi connectivity index (χ4n) is 2.19. The van der Waals surface area contributed by atoms with Crippen molar-refractivity contribution in [3.63, 3.8) is 0 Å². The molecule has 0 saturated carbocycles. The number of halogens is 1. The molecule has 0 saturated heterocycles. The van der Waals surface area contributed by atoms with Gasteiger partial charge in [-0.3, -0.25) is 4.79 Å². The number of hydrogen-bond acceptors (Lipinski definition) is 3. The number of para-hydroxylation sites is 1. The predicted octanol–water partition coefficient (Wildman–Crippen LogP) is 4.18. The van der Waals surface area contributed by atoms with E-state index in [2.05, 4.69) is 5.32 Å². The fraction of sp³-hybridized carbons (Fsp3) is 0.0625. The molecular weight excluding hydrogens is 287 g/mol. The van der Waals surface area contributed by atoms with Crippen LogP contribution in [-0.2, 0) is 0 Å². The molecule has 5 heteroatoms. The molecule has 2 aromatic carbocycles. The van der Waals surface area contributed by atoms with Crippen LogP contribution in [0.5, 0.6) is 0 Å². The number of rotatable bonds is 2. The average molecular weight is 300 g/mol. The van der Waals surface area contributed by atoms with E-state index >= 15 is 0 Å². The Labute approximate surface area is 125 Å². The monoisotopic (exact) mass is 300 g/mol. The molecular formula is C16H13FN2OS.